The van der Waals surface area contributed by atoms with Gasteiger partial charge >= 0.3 is 220 Å². The van der Waals surface area contributed by atoms with E-state index in [4.69, 9.17) is 105 Å². The fourth-order valence-corrected chi connectivity index (χ4v) is 0. The summed E-state index contributed by atoms with van der Waals surface area (Å²) in [5, 5.41) is 97.6. The summed E-state index contributed by atoms with van der Waals surface area (Å²) >= 11 is 0. The van der Waals surface area contributed by atoms with Gasteiger partial charge in [-0.3, -0.25) is 0 Å². The Morgan fingerprint density at radius 3 is 0.206 bits per heavy atom. The van der Waals surface area contributed by atoms with Crippen molar-refractivity contribution >= 4 is 220 Å². The summed E-state index contributed by atoms with van der Waals surface area (Å²) in [6.45, 7) is 0. The van der Waals surface area contributed by atoms with Crippen LogP contribution in [-0.4, -0.2) is 292 Å². The predicted molar refractivity (Wildman–Crippen MR) is 117 cm³/mol. The molecule has 34 heavy (non-hydrogen) atoms. The molecule has 0 aliphatic carbocycles. The molecule has 0 rings (SSSR count). The summed E-state index contributed by atoms with van der Waals surface area (Å²) in [5.74, 6) is 0. The Labute approximate surface area is 320 Å². The fourth-order valence-electron chi connectivity index (χ4n) is 0. The molecule has 0 spiro atoms. The Hall–Kier alpha value is 0.890. The Bertz CT molecular complexity index is 325. The van der Waals surface area contributed by atoms with Crippen molar-refractivity contribution in [3.8, 4) is 0 Å². The van der Waals surface area contributed by atoms with E-state index in [1.807, 2.05) is 0 Å². The average Bonchev–Trinajstić information content (AvgIpc) is 2.20. The molecule has 0 unspecified atom stereocenters. The monoisotopic (exact) mass is 578 g/mol. The molecule has 0 bridgehead atoms. The van der Waals surface area contributed by atoms with Crippen LogP contribution in [0.5, 0.6) is 0 Å². The summed E-state index contributed by atoms with van der Waals surface area (Å²) in [4.78, 5) is 59.9. The van der Waals surface area contributed by atoms with E-state index in [9.17, 15) is 0 Å². The molecule has 0 aromatic carbocycles. The predicted octanol–water partition coefficient (Wildman–Crippen LogP) is -2.33. The van der Waals surface area contributed by atoms with Gasteiger partial charge in [-0.1, -0.05) is 0 Å². The summed E-state index contributed by atoms with van der Waals surface area (Å²) in [7, 11) is 0. The maximum atomic E-state index is 8.56. The fraction of sp³-hybridized carbons (Fsp3) is 0. The summed E-state index contributed by atoms with van der Waals surface area (Å²) in [6, 6.07) is 0. The molecule has 27 heteroatoms. The van der Waals surface area contributed by atoms with E-state index in [0.29, 0.717) is 0 Å². The SMILES string of the molecule is O=C(O)O.O=C(O)O.O=C(O)O.O=C(O)O.O=C(O)O.O=C(O)O.O=C(O)O.[NaH].[NaH].[NaH].[NaH].[NaH].[NaH]. The van der Waals surface area contributed by atoms with Crippen LogP contribution in [0.25, 0.3) is 0 Å². The van der Waals surface area contributed by atoms with Gasteiger partial charge in [0.15, 0.2) is 0 Å². The number of carbonyl (C=O) groups is 7. The van der Waals surface area contributed by atoms with Crippen molar-refractivity contribution in [1.29, 1.82) is 0 Å². The second kappa shape index (κ2) is 76.5. The third kappa shape index (κ3) is 42200. The number of carboxylic acid groups (broad SMARTS) is 14. The zero-order valence-electron chi connectivity index (χ0n) is 12.6. The van der Waals surface area contributed by atoms with Gasteiger partial charge in [0, 0.05) is 0 Å². The third-order valence-electron chi connectivity index (χ3n) is 0. The number of hydrogen-bond donors (Lipinski definition) is 14. The van der Waals surface area contributed by atoms with Crippen LogP contribution < -0.4 is 0 Å². The van der Waals surface area contributed by atoms with Gasteiger partial charge in [0.25, 0.3) is 0 Å². The minimum absolute atomic E-state index is 0. The number of rotatable bonds is 0. The Morgan fingerprint density at radius 2 is 0.206 bits per heavy atom. The Balaban J connectivity index is -0.0000000134. The van der Waals surface area contributed by atoms with Gasteiger partial charge in [-0.25, -0.2) is 33.6 Å². The number of hydrogen-bond acceptors (Lipinski definition) is 7. The van der Waals surface area contributed by atoms with Crippen LogP contribution in [0.15, 0.2) is 0 Å². The molecule has 0 atom stereocenters. The molecule has 0 heterocycles. The van der Waals surface area contributed by atoms with Gasteiger partial charge in [-0.2, -0.15) is 0 Å². The average molecular weight is 578 g/mol. The first-order valence-electron chi connectivity index (χ1n) is 4.56. The van der Waals surface area contributed by atoms with Crippen LogP contribution in [-0.2, 0) is 0 Å². The zero-order chi connectivity index (χ0) is 25.0. The van der Waals surface area contributed by atoms with Gasteiger partial charge < -0.3 is 71.5 Å². The van der Waals surface area contributed by atoms with Crippen molar-refractivity contribution in [2.45, 2.75) is 0 Å². The van der Waals surface area contributed by atoms with Crippen LogP contribution in [0.2, 0.25) is 0 Å². The molecule has 0 aliphatic rings. The zero-order valence-corrected chi connectivity index (χ0v) is 12.6. The molecule has 0 aliphatic heterocycles. The summed E-state index contributed by atoms with van der Waals surface area (Å²) in [5.41, 5.74) is 0. The van der Waals surface area contributed by atoms with Crippen molar-refractivity contribution in [3.05, 3.63) is 0 Å². The van der Waals surface area contributed by atoms with Gasteiger partial charge in [0.05, 0.1) is 0 Å². The quantitative estimate of drug-likeness (QED) is 0.134. The molecule has 0 saturated carbocycles. The van der Waals surface area contributed by atoms with Gasteiger partial charge in [0.1, 0.15) is 0 Å². The van der Waals surface area contributed by atoms with Crippen molar-refractivity contribution in [3.63, 3.8) is 0 Å². The maximum absolute atomic E-state index is 8.56. The molecular formula is C7H20Na6O21. The normalized spacial score (nSPS) is 4.94. The standard InChI is InChI=1S/7CH2O3.6Na.6H/c7*2-1(3)4;;;;;;;;;;;;/h7*(H2,2,3,4);;;;;;;;;;;;. The second-order valence-electron chi connectivity index (χ2n) is 1.98. The molecule has 0 aromatic rings. The molecule has 180 valence electrons. The van der Waals surface area contributed by atoms with Crippen molar-refractivity contribution in [2.75, 3.05) is 0 Å². The van der Waals surface area contributed by atoms with Gasteiger partial charge in [-0.05, 0) is 0 Å². The molecule has 0 fully saturated rings. The molecule has 0 saturated heterocycles. The summed E-state index contributed by atoms with van der Waals surface area (Å²) < 4.78 is 0. The Morgan fingerprint density at radius 1 is 0.206 bits per heavy atom. The van der Waals surface area contributed by atoms with E-state index in [1.54, 1.807) is 0 Å². The van der Waals surface area contributed by atoms with E-state index in [-0.39, 0.29) is 177 Å². The van der Waals surface area contributed by atoms with E-state index >= 15 is 0 Å². The topological polar surface area (TPSA) is 403 Å². The van der Waals surface area contributed by atoms with Crippen molar-refractivity contribution < 1.29 is 105 Å². The van der Waals surface area contributed by atoms with Crippen LogP contribution in [0.4, 0.5) is 33.6 Å². The molecular weight excluding hydrogens is 558 g/mol. The summed E-state index contributed by atoms with van der Waals surface area (Å²) in [6.07, 6.45) is -12.8. The van der Waals surface area contributed by atoms with Crippen LogP contribution in [0, 0.1) is 0 Å². The van der Waals surface area contributed by atoms with Gasteiger partial charge in [-0.15, -0.1) is 0 Å². The molecule has 0 amide bonds. The van der Waals surface area contributed by atoms with Gasteiger partial charge in [0.2, 0.25) is 0 Å². The van der Waals surface area contributed by atoms with E-state index < -0.39 is 43.1 Å². The van der Waals surface area contributed by atoms with Crippen molar-refractivity contribution in [1.82, 2.24) is 0 Å². The van der Waals surface area contributed by atoms with Crippen LogP contribution >= 0.6 is 0 Å². The van der Waals surface area contributed by atoms with E-state index in [0.717, 1.165) is 0 Å². The van der Waals surface area contributed by atoms with E-state index in [1.165, 1.54) is 0 Å². The molecule has 0 aromatic heterocycles. The first kappa shape index (κ1) is 83.6. The first-order valence-corrected chi connectivity index (χ1v) is 4.56. The second-order valence-corrected chi connectivity index (χ2v) is 1.98. The minimum atomic E-state index is -1.83. The van der Waals surface area contributed by atoms with E-state index in [2.05, 4.69) is 0 Å². The first-order chi connectivity index (χ1) is 12.1. The van der Waals surface area contributed by atoms with Crippen LogP contribution in [0.1, 0.15) is 0 Å². The van der Waals surface area contributed by atoms with Crippen LogP contribution in [0.3, 0.4) is 0 Å². The third-order valence-corrected chi connectivity index (χ3v) is 0. The molecule has 14 N–H and O–H groups in total. The Kier molecular flexibility index (Phi) is 188. The molecule has 0 radical (unpaired) electrons. The van der Waals surface area contributed by atoms with Crippen molar-refractivity contribution in [2.24, 2.45) is 0 Å². The molecule has 21 nitrogen and oxygen atoms in total.